The minimum absolute atomic E-state index is 0.0597. The van der Waals surface area contributed by atoms with E-state index in [4.69, 9.17) is 0 Å². The third kappa shape index (κ3) is 3.05. The molecule has 1 fully saturated rings. The number of aromatic hydroxyl groups is 1. The molecule has 2 aromatic rings. The van der Waals surface area contributed by atoms with Gasteiger partial charge in [0, 0.05) is 12.6 Å². The third-order valence-corrected chi connectivity index (χ3v) is 3.56. The molecule has 1 aliphatic rings. The number of hydrogen-bond acceptors (Lipinski definition) is 4. The first-order chi connectivity index (χ1) is 10.2. The van der Waals surface area contributed by atoms with Crippen molar-refractivity contribution in [2.45, 2.75) is 18.9 Å². The third-order valence-electron chi connectivity index (χ3n) is 3.56. The predicted molar refractivity (Wildman–Crippen MR) is 78.6 cm³/mol. The van der Waals surface area contributed by atoms with Gasteiger partial charge in [0.05, 0.1) is 11.9 Å². The van der Waals surface area contributed by atoms with Crippen LogP contribution in [0.3, 0.4) is 0 Å². The molecule has 6 heteroatoms. The van der Waals surface area contributed by atoms with E-state index in [0.717, 1.165) is 31.6 Å². The largest absolute Gasteiger partial charge is 0.504 e. The van der Waals surface area contributed by atoms with Gasteiger partial charge in [-0.1, -0.05) is 18.2 Å². The number of carbonyl (C=O) groups excluding carboxylic acids is 1. The van der Waals surface area contributed by atoms with Crippen LogP contribution in [0.1, 0.15) is 23.3 Å². The quantitative estimate of drug-likeness (QED) is 0.788. The molecule has 6 nitrogen and oxygen atoms in total. The van der Waals surface area contributed by atoms with E-state index in [-0.39, 0.29) is 23.4 Å². The number of para-hydroxylation sites is 1. The molecule has 3 N–H and O–H groups in total. The summed E-state index contributed by atoms with van der Waals surface area (Å²) >= 11 is 0. The van der Waals surface area contributed by atoms with Crippen LogP contribution in [-0.4, -0.2) is 39.9 Å². The molecule has 0 bridgehead atoms. The summed E-state index contributed by atoms with van der Waals surface area (Å²) < 4.78 is 1.50. The molecular formula is C15H18N4O2. The maximum atomic E-state index is 12.2. The van der Waals surface area contributed by atoms with Gasteiger partial charge in [-0.2, -0.15) is 5.10 Å². The number of aromatic nitrogens is 2. The smallest absolute Gasteiger partial charge is 0.275 e. The fraction of sp³-hybridized carbons (Fsp3) is 0.333. The van der Waals surface area contributed by atoms with E-state index < -0.39 is 0 Å². The summed E-state index contributed by atoms with van der Waals surface area (Å²) in [4.78, 5) is 12.2. The van der Waals surface area contributed by atoms with Crippen molar-refractivity contribution in [2.75, 3.05) is 13.1 Å². The summed E-state index contributed by atoms with van der Waals surface area (Å²) in [5.41, 5.74) is 0.857. The van der Waals surface area contributed by atoms with Crippen molar-refractivity contribution in [3.8, 4) is 11.4 Å². The van der Waals surface area contributed by atoms with E-state index in [1.54, 1.807) is 0 Å². The number of hydrogen-bond donors (Lipinski definition) is 3. The first kappa shape index (κ1) is 13.6. The number of carbonyl (C=O) groups is 1. The lowest BCUT2D eigenvalue weighted by molar-refractivity contribution is 0.0922. The summed E-state index contributed by atoms with van der Waals surface area (Å²) in [5.74, 6) is -0.448. The van der Waals surface area contributed by atoms with Crippen molar-refractivity contribution in [1.82, 2.24) is 20.4 Å². The second-order valence-electron chi connectivity index (χ2n) is 5.16. The van der Waals surface area contributed by atoms with Gasteiger partial charge in [-0.05, 0) is 31.5 Å². The van der Waals surface area contributed by atoms with E-state index >= 15 is 0 Å². The molecule has 1 aromatic carbocycles. The fourth-order valence-electron chi connectivity index (χ4n) is 2.47. The monoisotopic (exact) mass is 286 g/mol. The van der Waals surface area contributed by atoms with E-state index in [1.807, 2.05) is 30.3 Å². The Morgan fingerprint density at radius 2 is 2.19 bits per heavy atom. The lowest BCUT2D eigenvalue weighted by atomic mass is 10.1. The van der Waals surface area contributed by atoms with Crippen LogP contribution in [0, 0.1) is 0 Å². The maximum absolute atomic E-state index is 12.2. The summed E-state index contributed by atoms with van der Waals surface area (Å²) in [6, 6.07) is 9.46. The van der Waals surface area contributed by atoms with Gasteiger partial charge in [0.2, 0.25) is 0 Å². The van der Waals surface area contributed by atoms with E-state index in [9.17, 15) is 9.90 Å². The van der Waals surface area contributed by atoms with Crippen LogP contribution in [0.5, 0.6) is 5.75 Å². The molecule has 1 saturated heterocycles. The lowest BCUT2D eigenvalue weighted by Gasteiger charge is -2.23. The van der Waals surface area contributed by atoms with Crippen LogP contribution in [0.25, 0.3) is 5.69 Å². The molecule has 1 amide bonds. The van der Waals surface area contributed by atoms with Crippen LogP contribution in [-0.2, 0) is 0 Å². The zero-order valence-electron chi connectivity index (χ0n) is 11.6. The Balaban J connectivity index is 1.76. The first-order valence-electron chi connectivity index (χ1n) is 7.09. The lowest BCUT2D eigenvalue weighted by Crippen LogP contribution is -2.45. The van der Waals surface area contributed by atoms with Crippen molar-refractivity contribution < 1.29 is 9.90 Å². The van der Waals surface area contributed by atoms with Crippen LogP contribution < -0.4 is 10.6 Å². The number of nitrogens with zero attached hydrogens (tertiary/aromatic N) is 2. The standard InChI is InChI=1S/C15H18N4O2/c20-13-10-19(12-6-2-1-3-7-12)18-14(13)15(21)17-11-5-4-8-16-9-11/h1-3,6-7,10-11,16,20H,4-5,8-9H2,(H,17,21)/t11-/m0/s1. The highest BCUT2D eigenvalue weighted by molar-refractivity contribution is 5.95. The van der Waals surface area contributed by atoms with E-state index in [2.05, 4.69) is 15.7 Å². The predicted octanol–water partition coefficient (Wildman–Crippen LogP) is 1.06. The number of amides is 1. The van der Waals surface area contributed by atoms with Crippen LogP contribution in [0.15, 0.2) is 36.5 Å². The average Bonchev–Trinajstić information content (AvgIpc) is 2.91. The second kappa shape index (κ2) is 5.97. The molecule has 110 valence electrons. The van der Waals surface area contributed by atoms with Gasteiger partial charge in [0.1, 0.15) is 0 Å². The maximum Gasteiger partial charge on any atom is 0.275 e. The summed E-state index contributed by atoms with van der Waals surface area (Å²) in [6.07, 6.45) is 3.43. The van der Waals surface area contributed by atoms with Crippen molar-refractivity contribution in [3.63, 3.8) is 0 Å². The normalized spacial score (nSPS) is 18.4. The number of rotatable bonds is 3. The average molecular weight is 286 g/mol. The van der Waals surface area contributed by atoms with E-state index in [0.29, 0.717) is 0 Å². The van der Waals surface area contributed by atoms with Crippen molar-refractivity contribution >= 4 is 5.91 Å². The van der Waals surface area contributed by atoms with Crippen molar-refractivity contribution in [3.05, 3.63) is 42.2 Å². The molecule has 2 heterocycles. The molecule has 1 aliphatic heterocycles. The molecule has 1 aromatic heterocycles. The van der Waals surface area contributed by atoms with Gasteiger partial charge in [0.25, 0.3) is 5.91 Å². The second-order valence-corrected chi connectivity index (χ2v) is 5.16. The zero-order chi connectivity index (χ0) is 14.7. The Morgan fingerprint density at radius 3 is 2.90 bits per heavy atom. The minimum atomic E-state index is -0.337. The fourth-order valence-corrected chi connectivity index (χ4v) is 2.47. The zero-order valence-corrected chi connectivity index (χ0v) is 11.6. The van der Waals surface area contributed by atoms with Crippen LogP contribution >= 0.6 is 0 Å². The number of benzene rings is 1. The van der Waals surface area contributed by atoms with E-state index in [1.165, 1.54) is 10.9 Å². The molecular weight excluding hydrogens is 268 g/mol. The van der Waals surface area contributed by atoms with Gasteiger partial charge in [-0.15, -0.1) is 0 Å². The topological polar surface area (TPSA) is 79.2 Å². The SMILES string of the molecule is O=C(N[C@H]1CCCNC1)c1nn(-c2ccccc2)cc1O. The summed E-state index contributed by atoms with van der Waals surface area (Å²) in [7, 11) is 0. The Bertz CT molecular complexity index is 618. The van der Waals surface area contributed by atoms with Crippen LogP contribution in [0.2, 0.25) is 0 Å². The minimum Gasteiger partial charge on any atom is -0.504 e. The Kier molecular flexibility index (Phi) is 3.87. The highest BCUT2D eigenvalue weighted by atomic mass is 16.3. The first-order valence-corrected chi connectivity index (χ1v) is 7.09. The Morgan fingerprint density at radius 1 is 1.38 bits per heavy atom. The molecule has 3 rings (SSSR count). The Labute approximate surface area is 122 Å². The van der Waals surface area contributed by atoms with Crippen LogP contribution in [0.4, 0.5) is 0 Å². The molecule has 0 saturated carbocycles. The summed E-state index contributed by atoms with van der Waals surface area (Å²) in [5, 5.41) is 20.3. The van der Waals surface area contributed by atoms with Gasteiger partial charge in [0.15, 0.2) is 11.4 Å². The van der Waals surface area contributed by atoms with Gasteiger partial charge < -0.3 is 15.7 Å². The molecule has 0 aliphatic carbocycles. The highest BCUT2D eigenvalue weighted by Gasteiger charge is 2.21. The molecule has 0 spiro atoms. The summed E-state index contributed by atoms with van der Waals surface area (Å²) in [6.45, 7) is 1.74. The number of piperidine rings is 1. The number of nitrogens with one attached hydrogen (secondary N) is 2. The Hall–Kier alpha value is -2.34. The van der Waals surface area contributed by atoms with Crippen molar-refractivity contribution in [1.29, 1.82) is 0 Å². The molecule has 0 unspecified atom stereocenters. The van der Waals surface area contributed by atoms with Gasteiger partial charge in [-0.25, -0.2) is 4.68 Å². The highest BCUT2D eigenvalue weighted by Crippen LogP contribution is 2.18. The van der Waals surface area contributed by atoms with Gasteiger partial charge in [-0.3, -0.25) is 4.79 Å². The van der Waals surface area contributed by atoms with Gasteiger partial charge >= 0.3 is 0 Å². The molecule has 0 radical (unpaired) electrons. The molecule has 1 atom stereocenters. The van der Waals surface area contributed by atoms with Crippen molar-refractivity contribution in [2.24, 2.45) is 0 Å². The molecule has 21 heavy (non-hydrogen) atoms.